The van der Waals surface area contributed by atoms with E-state index in [0.29, 0.717) is 12.2 Å². The minimum atomic E-state index is -0.380. The fraction of sp³-hybridized carbons (Fsp3) is 0.389. The SMILES string of the molecule is CC1(C)OB(c2ccc(CNC(=O)c3ccncn3)cc2)OC1(C)C. The predicted octanol–water partition coefficient (Wildman–Crippen LogP) is 1.71. The van der Waals surface area contributed by atoms with Gasteiger partial charge in [-0.3, -0.25) is 4.79 Å². The predicted molar refractivity (Wildman–Crippen MR) is 95.4 cm³/mol. The first-order valence-corrected chi connectivity index (χ1v) is 8.27. The first-order valence-electron chi connectivity index (χ1n) is 8.27. The molecular weight excluding hydrogens is 317 g/mol. The molecule has 25 heavy (non-hydrogen) atoms. The molecule has 1 saturated heterocycles. The quantitative estimate of drug-likeness (QED) is 0.859. The van der Waals surface area contributed by atoms with E-state index < -0.39 is 0 Å². The summed E-state index contributed by atoms with van der Waals surface area (Å²) in [5.41, 5.74) is 1.58. The van der Waals surface area contributed by atoms with Crippen LogP contribution in [0.15, 0.2) is 42.9 Å². The van der Waals surface area contributed by atoms with Gasteiger partial charge in [-0.2, -0.15) is 0 Å². The van der Waals surface area contributed by atoms with E-state index in [1.165, 1.54) is 6.33 Å². The minimum absolute atomic E-state index is 0.225. The standard InChI is InChI=1S/C18H22BN3O3/c1-17(2)18(3,4)25-19(24-17)14-7-5-13(6-8-14)11-21-16(23)15-9-10-20-12-22-15/h5-10,12H,11H2,1-4H3,(H,21,23). The van der Waals surface area contributed by atoms with Crippen LogP contribution < -0.4 is 10.8 Å². The molecule has 1 aliphatic heterocycles. The molecule has 1 aromatic carbocycles. The Morgan fingerprint density at radius 2 is 1.72 bits per heavy atom. The Morgan fingerprint density at radius 1 is 1.08 bits per heavy atom. The molecule has 3 rings (SSSR count). The number of amides is 1. The lowest BCUT2D eigenvalue weighted by molar-refractivity contribution is 0.00578. The van der Waals surface area contributed by atoms with Crippen molar-refractivity contribution in [1.29, 1.82) is 0 Å². The van der Waals surface area contributed by atoms with Crippen molar-refractivity contribution in [3.05, 3.63) is 54.1 Å². The Balaban J connectivity index is 1.61. The second kappa shape index (κ2) is 6.57. The summed E-state index contributed by atoms with van der Waals surface area (Å²) in [5.74, 6) is -0.225. The lowest BCUT2D eigenvalue weighted by Crippen LogP contribution is -2.41. The van der Waals surface area contributed by atoms with Gasteiger partial charge in [0.1, 0.15) is 12.0 Å². The molecule has 1 fully saturated rings. The lowest BCUT2D eigenvalue weighted by Gasteiger charge is -2.32. The summed E-state index contributed by atoms with van der Waals surface area (Å²) < 4.78 is 12.1. The molecule has 130 valence electrons. The van der Waals surface area contributed by atoms with Crippen molar-refractivity contribution < 1.29 is 14.1 Å². The molecule has 0 bridgehead atoms. The Morgan fingerprint density at radius 3 is 2.28 bits per heavy atom. The summed E-state index contributed by atoms with van der Waals surface area (Å²) in [6, 6.07) is 9.43. The molecule has 0 saturated carbocycles. The topological polar surface area (TPSA) is 73.3 Å². The van der Waals surface area contributed by atoms with E-state index in [9.17, 15) is 4.79 Å². The van der Waals surface area contributed by atoms with Crippen LogP contribution in [0.25, 0.3) is 0 Å². The van der Waals surface area contributed by atoms with Crippen LogP contribution in [0.5, 0.6) is 0 Å². The molecule has 1 amide bonds. The van der Waals surface area contributed by atoms with Crippen LogP contribution in [0.4, 0.5) is 0 Å². The third-order valence-corrected chi connectivity index (χ3v) is 4.77. The first kappa shape index (κ1) is 17.6. The first-order chi connectivity index (χ1) is 11.8. The van der Waals surface area contributed by atoms with Crippen molar-refractivity contribution in [3.63, 3.8) is 0 Å². The third-order valence-electron chi connectivity index (χ3n) is 4.77. The van der Waals surface area contributed by atoms with Gasteiger partial charge in [-0.05, 0) is 44.8 Å². The number of benzene rings is 1. The van der Waals surface area contributed by atoms with Gasteiger partial charge in [-0.15, -0.1) is 0 Å². The molecule has 0 radical (unpaired) electrons. The summed E-state index contributed by atoms with van der Waals surface area (Å²) in [4.78, 5) is 19.7. The summed E-state index contributed by atoms with van der Waals surface area (Å²) in [5, 5.41) is 2.84. The van der Waals surface area contributed by atoms with E-state index in [1.807, 2.05) is 52.0 Å². The molecule has 7 heteroatoms. The van der Waals surface area contributed by atoms with Crippen molar-refractivity contribution >= 4 is 18.5 Å². The number of nitrogens with one attached hydrogen (secondary N) is 1. The molecule has 1 aromatic heterocycles. The highest BCUT2D eigenvalue weighted by molar-refractivity contribution is 6.62. The molecule has 2 aromatic rings. The highest BCUT2D eigenvalue weighted by atomic mass is 16.7. The van der Waals surface area contributed by atoms with Crippen molar-refractivity contribution in [2.45, 2.75) is 45.4 Å². The molecule has 1 aliphatic rings. The highest BCUT2D eigenvalue weighted by Crippen LogP contribution is 2.36. The number of aromatic nitrogens is 2. The molecule has 0 aliphatic carbocycles. The number of carbonyl (C=O) groups is 1. The average molecular weight is 339 g/mol. The number of hydrogen-bond donors (Lipinski definition) is 1. The van der Waals surface area contributed by atoms with Gasteiger partial charge >= 0.3 is 7.12 Å². The second-order valence-corrected chi connectivity index (χ2v) is 7.11. The van der Waals surface area contributed by atoms with Crippen LogP contribution >= 0.6 is 0 Å². The summed E-state index contributed by atoms with van der Waals surface area (Å²) in [6.07, 6.45) is 2.90. The molecular formula is C18H22BN3O3. The largest absolute Gasteiger partial charge is 0.494 e. The Kier molecular flexibility index (Phi) is 4.62. The number of nitrogens with zero attached hydrogens (tertiary/aromatic N) is 2. The van der Waals surface area contributed by atoms with Crippen molar-refractivity contribution in [2.75, 3.05) is 0 Å². The zero-order valence-corrected chi connectivity index (χ0v) is 14.9. The molecule has 2 heterocycles. The van der Waals surface area contributed by atoms with Gasteiger partial charge in [-0.1, -0.05) is 24.3 Å². The van der Waals surface area contributed by atoms with E-state index in [2.05, 4.69) is 15.3 Å². The van der Waals surface area contributed by atoms with Crippen LogP contribution in [0.2, 0.25) is 0 Å². The third kappa shape index (κ3) is 3.72. The van der Waals surface area contributed by atoms with Crippen molar-refractivity contribution in [3.8, 4) is 0 Å². The van der Waals surface area contributed by atoms with Gasteiger partial charge in [0, 0.05) is 12.7 Å². The van der Waals surface area contributed by atoms with Crippen LogP contribution in [0.3, 0.4) is 0 Å². The molecule has 1 N–H and O–H groups in total. The van der Waals surface area contributed by atoms with E-state index >= 15 is 0 Å². The van der Waals surface area contributed by atoms with Gasteiger partial charge in [0.05, 0.1) is 11.2 Å². The van der Waals surface area contributed by atoms with Crippen molar-refractivity contribution in [2.24, 2.45) is 0 Å². The zero-order valence-electron chi connectivity index (χ0n) is 14.9. The molecule has 0 atom stereocenters. The van der Waals surface area contributed by atoms with Gasteiger partial charge in [-0.25, -0.2) is 9.97 Å². The summed E-state index contributed by atoms with van der Waals surface area (Å²) >= 11 is 0. The van der Waals surface area contributed by atoms with E-state index in [1.54, 1.807) is 12.3 Å². The van der Waals surface area contributed by atoms with Crippen LogP contribution in [0, 0.1) is 0 Å². The maximum absolute atomic E-state index is 12.0. The molecule has 0 spiro atoms. The number of hydrogen-bond acceptors (Lipinski definition) is 5. The lowest BCUT2D eigenvalue weighted by atomic mass is 9.79. The molecule has 0 unspecified atom stereocenters. The number of carbonyl (C=O) groups excluding carboxylic acids is 1. The minimum Gasteiger partial charge on any atom is -0.399 e. The van der Waals surface area contributed by atoms with Crippen molar-refractivity contribution in [1.82, 2.24) is 15.3 Å². The number of rotatable bonds is 4. The zero-order chi connectivity index (χ0) is 18.1. The van der Waals surface area contributed by atoms with Gasteiger partial charge in [0.2, 0.25) is 0 Å². The second-order valence-electron chi connectivity index (χ2n) is 7.11. The Hall–Kier alpha value is -2.25. The Bertz CT molecular complexity index is 732. The van der Waals surface area contributed by atoms with Gasteiger partial charge in [0.25, 0.3) is 5.91 Å². The fourth-order valence-electron chi connectivity index (χ4n) is 2.47. The van der Waals surface area contributed by atoms with Gasteiger partial charge < -0.3 is 14.6 Å². The normalized spacial score (nSPS) is 18.2. The van der Waals surface area contributed by atoms with E-state index in [-0.39, 0.29) is 24.2 Å². The van der Waals surface area contributed by atoms with E-state index in [4.69, 9.17) is 9.31 Å². The monoisotopic (exact) mass is 339 g/mol. The van der Waals surface area contributed by atoms with Crippen LogP contribution in [0.1, 0.15) is 43.7 Å². The fourth-order valence-corrected chi connectivity index (χ4v) is 2.47. The van der Waals surface area contributed by atoms with Crippen LogP contribution in [-0.4, -0.2) is 34.2 Å². The van der Waals surface area contributed by atoms with Crippen LogP contribution in [-0.2, 0) is 15.9 Å². The smallest absolute Gasteiger partial charge is 0.399 e. The average Bonchev–Trinajstić information content (AvgIpc) is 2.82. The van der Waals surface area contributed by atoms with Gasteiger partial charge in [0.15, 0.2) is 0 Å². The highest BCUT2D eigenvalue weighted by Gasteiger charge is 2.51. The summed E-state index contributed by atoms with van der Waals surface area (Å²) in [6.45, 7) is 8.55. The maximum Gasteiger partial charge on any atom is 0.494 e. The van der Waals surface area contributed by atoms with E-state index in [0.717, 1.165) is 11.0 Å². The maximum atomic E-state index is 12.0. The summed E-state index contributed by atoms with van der Waals surface area (Å²) in [7, 11) is -0.380. The Labute approximate surface area is 148 Å². The molecule has 6 nitrogen and oxygen atoms in total.